The van der Waals surface area contributed by atoms with Gasteiger partial charge in [-0.15, -0.1) is 0 Å². The second kappa shape index (κ2) is 4.43. The molecule has 0 saturated carbocycles. The van der Waals surface area contributed by atoms with Gasteiger partial charge >= 0.3 is 5.97 Å². The van der Waals surface area contributed by atoms with Gasteiger partial charge in [0.15, 0.2) is 6.61 Å². The third-order valence-corrected chi connectivity index (χ3v) is 0.960. The average Bonchev–Trinajstić information content (AvgIpc) is 1.98. The van der Waals surface area contributed by atoms with Crippen LogP contribution in [0.1, 0.15) is 13.8 Å². The van der Waals surface area contributed by atoms with Crippen LogP contribution in [-0.4, -0.2) is 29.3 Å². The first-order valence-electron chi connectivity index (χ1n) is 2.93. The number of esters is 1. The maximum absolute atomic E-state index is 10.7. The Balaban J connectivity index is 3.80. The minimum atomic E-state index is -0.538. The highest BCUT2D eigenvalue weighted by molar-refractivity contribution is 6.39. The summed E-state index contributed by atoms with van der Waals surface area (Å²) < 4.78 is 4.35. The number of Topliss-reactive ketones (excluding diaryl/α,β-unsaturated/α-hetero) is 1. The van der Waals surface area contributed by atoms with Crippen LogP contribution in [0.15, 0.2) is 5.16 Å². The monoisotopic (exact) mass is 159 g/mol. The lowest BCUT2D eigenvalue weighted by molar-refractivity contribution is -0.144. The Hall–Kier alpha value is -1.39. The molecule has 0 aliphatic heterocycles. The van der Waals surface area contributed by atoms with Gasteiger partial charge in [-0.05, 0) is 6.92 Å². The predicted octanol–water partition coefficient (Wildman–Crippen LogP) is -0.0313. The first-order chi connectivity index (χ1) is 5.07. The molecule has 62 valence electrons. The SMILES string of the molecule is CC(=O)OCC(=O)/C(C)=N/O. The van der Waals surface area contributed by atoms with E-state index < -0.39 is 11.8 Å². The Morgan fingerprint density at radius 1 is 1.45 bits per heavy atom. The lowest BCUT2D eigenvalue weighted by Crippen LogP contribution is -2.18. The highest BCUT2D eigenvalue weighted by atomic mass is 16.5. The molecule has 0 aliphatic rings. The molecule has 5 heteroatoms. The zero-order valence-corrected chi connectivity index (χ0v) is 6.33. The Bertz CT molecular complexity index is 197. The van der Waals surface area contributed by atoms with Crippen molar-refractivity contribution in [3.8, 4) is 0 Å². The summed E-state index contributed by atoms with van der Waals surface area (Å²) in [4.78, 5) is 20.9. The molecule has 0 atom stereocenters. The first-order valence-corrected chi connectivity index (χ1v) is 2.93. The largest absolute Gasteiger partial charge is 0.457 e. The second-order valence-electron chi connectivity index (χ2n) is 1.89. The number of carbonyl (C=O) groups excluding carboxylic acids is 2. The van der Waals surface area contributed by atoms with Gasteiger partial charge in [0.25, 0.3) is 0 Å². The molecule has 0 fully saturated rings. The minimum Gasteiger partial charge on any atom is -0.457 e. The van der Waals surface area contributed by atoms with Crippen LogP contribution in [0.5, 0.6) is 0 Å². The van der Waals surface area contributed by atoms with E-state index in [1.54, 1.807) is 0 Å². The molecule has 0 radical (unpaired) electrons. The minimum absolute atomic E-state index is 0.0775. The summed E-state index contributed by atoms with van der Waals surface area (Å²) >= 11 is 0. The van der Waals surface area contributed by atoms with Crippen molar-refractivity contribution in [1.82, 2.24) is 0 Å². The predicted molar refractivity (Wildman–Crippen MR) is 36.5 cm³/mol. The topological polar surface area (TPSA) is 76.0 Å². The third kappa shape index (κ3) is 4.07. The zero-order chi connectivity index (χ0) is 8.85. The average molecular weight is 159 g/mol. The van der Waals surface area contributed by atoms with Crippen molar-refractivity contribution in [2.24, 2.45) is 5.16 Å². The highest BCUT2D eigenvalue weighted by Gasteiger charge is 2.07. The molecule has 1 N–H and O–H groups in total. The van der Waals surface area contributed by atoms with Gasteiger partial charge in [-0.3, -0.25) is 9.59 Å². The lowest BCUT2D eigenvalue weighted by Gasteiger charge is -1.97. The fourth-order valence-corrected chi connectivity index (χ4v) is 0.327. The van der Waals surface area contributed by atoms with Crippen LogP contribution in [-0.2, 0) is 14.3 Å². The van der Waals surface area contributed by atoms with Gasteiger partial charge in [-0.2, -0.15) is 0 Å². The van der Waals surface area contributed by atoms with Crippen molar-refractivity contribution < 1.29 is 19.5 Å². The van der Waals surface area contributed by atoms with Gasteiger partial charge in [0.2, 0.25) is 5.78 Å². The van der Waals surface area contributed by atoms with Gasteiger partial charge < -0.3 is 9.94 Å². The number of ether oxygens (including phenoxy) is 1. The van der Waals surface area contributed by atoms with E-state index in [4.69, 9.17) is 5.21 Å². The van der Waals surface area contributed by atoms with Crippen molar-refractivity contribution in [2.75, 3.05) is 6.61 Å². The van der Waals surface area contributed by atoms with Crippen LogP contribution in [0, 0.1) is 0 Å². The number of hydrogen-bond acceptors (Lipinski definition) is 5. The van der Waals surface area contributed by atoms with Crippen LogP contribution in [0.4, 0.5) is 0 Å². The maximum Gasteiger partial charge on any atom is 0.303 e. The Morgan fingerprint density at radius 3 is 2.36 bits per heavy atom. The van der Waals surface area contributed by atoms with Crippen LogP contribution in [0.2, 0.25) is 0 Å². The Labute approximate surface area is 63.6 Å². The van der Waals surface area contributed by atoms with E-state index in [1.165, 1.54) is 13.8 Å². The van der Waals surface area contributed by atoms with Crippen molar-refractivity contribution in [1.29, 1.82) is 0 Å². The van der Waals surface area contributed by atoms with E-state index >= 15 is 0 Å². The smallest absolute Gasteiger partial charge is 0.303 e. The molecule has 0 aromatic heterocycles. The zero-order valence-electron chi connectivity index (χ0n) is 6.33. The number of oxime groups is 1. The summed E-state index contributed by atoms with van der Waals surface area (Å²) in [6, 6.07) is 0. The molecule has 0 saturated heterocycles. The number of rotatable bonds is 3. The second-order valence-corrected chi connectivity index (χ2v) is 1.89. The fourth-order valence-electron chi connectivity index (χ4n) is 0.327. The molecule has 0 heterocycles. The Kier molecular flexibility index (Phi) is 3.87. The molecule has 0 aliphatic carbocycles. The molecule has 0 amide bonds. The summed E-state index contributed by atoms with van der Waals surface area (Å²) in [7, 11) is 0. The number of carbonyl (C=O) groups is 2. The molecule has 0 bridgehead atoms. The molecular formula is C6H9NO4. The maximum atomic E-state index is 10.7. The standard InChI is InChI=1S/C6H9NO4/c1-4(7-10)6(9)3-11-5(2)8/h10H,3H2,1-2H3/b7-4+. The third-order valence-electron chi connectivity index (χ3n) is 0.960. The summed E-state index contributed by atoms with van der Waals surface area (Å²) in [6.45, 7) is 2.15. The van der Waals surface area contributed by atoms with Gasteiger partial charge in [0.1, 0.15) is 5.71 Å². The van der Waals surface area contributed by atoms with Crippen molar-refractivity contribution in [3.05, 3.63) is 0 Å². The van der Waals surface area contributed by atoms with Crippen LogP contribution >= 0.6 is 0 Å². The molecular weight excluding hydrogens is 150 g/mol. The molecule has 0 aromatic carbocycles. The van der Waals surface area contributed by atoms with E-state index in [2.05, 4.69) is 9.89 Å². The Morgan fingerprint density at radius 2 is 2.00 bits per heavy atom. The number of nitrogens with zero attached hydrogens (tertiary/aromatic N) is 1. The highest BCUT2D eigenvalue weighted by Crippen LogP contribution is 1.83. The van der Waals surface area contributed by atoms with Crippen molar-refractivity contribution in [3.63, 3.8) is 0 Å². The first kappa shape index (κ1) is 9.61. The molecule has 11 heavy (non-hydrogen) atoms. The van der Waals surface area contributed by atoms with E-state index in [0.29, 0.717) is 0 Å². The van der Waals surface area contributed by atoms with E-state index in [-0.39, 0.29) is 12.3 Å². The van der Waals surface area contributed by atoms with Crippen molar-refractivity contribution in [2.45, 2.75) is 13.8 Å². The lowest BCUT2D eigenvalue weighted by atomic mass is 10.3. The van der Waals surface area contributed by atoms with Crippen LogP contribution in [0.25, 0.3) is 0 Å². The molecule has 0 rings (SSSR count). The quantitative estimate of drug-likeness (QED) is 0.271. The fraction of sp³-hybridized carbons (Fsp3) is 0.500. The van der Waals surface area contributed by atoms with Gasteiger partial charge in [-0.1, -0.05) is 5.16 Å². The number of hydrogen-bond donors (Lipinski definition) is 1. The van der Waals surface area contributed by atoms with Crippen LogP contribution < -0.4 is 0 Å². The van der Waals surface area contributed by atoms with Crippen LogP contribution in [0.3, 0.4) is 0 Å². The summed E-state index contributed by atoms with van der Waals surface area (Å²) in [6.07, 6.45) is 0. The molecule has 5 nitrogen and oxygen atoms in total. The normalized spacial score (nSPS) is 10.9. The van der Waals surface area contributed by atoms with Gasteiger partial charge in [0, 0.05) is 6.92 Å². The van der Waals surface area contributed by atoms with Gasteiger partial charge in [-0.25, -0.2) is 0 Å². The van der Waals surface area contributed by atoms with Gasteiger partial charge in [0.05, 0.1) is 0 Å². The molecule has 0 spiro atoms. The summed E-state index contributed by atoms with van der Waals surface area (Å²) in [5.41, 5.74) is -0.0775. The summed E-state index contributed by atoms with van der Waals surface area (Å²) in [5.74, 6) is -1.05. The van der Waals surface area contributed by atoms with Crippen molar-refractivity contribution >= 4 is 17.5 Å². The molecule has 0 aromatic rings. The van der Waals surface area contributed by atoms with E-state index in [9.17, 15) is 9.59 Å². The molecule has 0 unspecified atom stereocenters. The van der Waals surface area contributed by atoms with E-state index in [0.717, 1.165) is 0 Å². The van der Waals surface area contributed by atoms with E-state index in [1.807, 2.05) is 0 Å². The summed E-state index contributed by atoms with van der Waals surface area (Å²) in [5, 5.41) is 10.7. The number of ketones is 1.